The average molecular weight is 227 g/mol. The maximum absolute atomic E-state index is 9.56. The van der Waals surface area contributed by atoms with Crippen LogP contribution in [0.25, 0.3) is 0 Å². The second kappa shape index (κ2) is 6.62. The van der Waals surface area contributed by atoms with E-state index >= 15 is 0 Å². The Morgan fingerprint density at radius 2 is 2.38 bits per heavy atom. The van der Waals surface area contributed by atoms with Crippen molar-refractivity contribution in [3.63, 3.8) is 0 Å². The zero-order valence-electron chi connectivity index (χ0n) is 10.3. The predicted molar refractivity (Wildman–Crippen MR) is 62.1 cm³/mol. The first-order chi connectivity index (χ1) is 7.65. The second-order valence-electron chi connectivity index (χ2n) is 4.01. The van der Waals surface area contributed by atoms with E-state index in [0.717, 1.165) is 18.7 Å². The Bertz CT molecular complexity index is 301. The molecule has 1 unspecified atom stereocenters. The van der Waals surface area contributed by atoms with Gasteiger partial charge in [0.25, 0.3) is 0 Å². The molecule has 1 atom stereocenters. The van der Waals surface area contributed by atoms with Crippen LogP contribution in [0.1, 0.15) is 12.5 Å². The maximum Gasteiger partial charge on any atom is 0.0900 e. The molecule has 1 aromatic heterocycles. The number of hydrogen-bond donors (Lipinski definition) is 1. The van der Waals surface area contributed by atoms with Crippen LogP contribution in [0.15, 0.2) is 12.4 Å². The molecule has 5 heteroatoms. The van der Waals surface area contributed by atoms with Gasteiger partial charge in [0.1, 0.15) is 0 Å². The molecule has 0 amide bonds. The summed E-state index contributed by atoms with van der Waals surface area (Å²) in [5, 5.41) is 13.8. The van der Waals surface area contributed by atoms with Gasteiger partial charge in [-0.25, -0.2) is 0 Å². The Hall–Kier alpha value is -0.910. The number of nitrogens with zero attached hydrogens (tertiary/aromatic N) is 3. The third-order valence-corrected chi connectivity index (χ3v) is 2.34. The number of aliphatic hydroxyl groups excluding tert-OH is 1. The number of aromatic nitrogens is 2. The highest BCUT2D eigenvalue weighted by Crippen LogP contribution is 2.02. The molecule has 92 valence electrons. The lowest BCUT2D eigenvalue weighted by Gasteiger charge is -2.19. The highest BCUT2D eigenvalue weighted by atomic mass is 16.5. The van der Waals surface area contributed by atoms with Crippen LogP contribution in [0.2, 0.25) is 0 Å². The summed E-state index contributed by atoms with van der Waals surface area (Å²) in [6, 6.07) is 0. The molecule has 1 heterocycles. The number of hydrogen-bond acceptors (Lipinski definition) is 4. The maximum atomic E-state index is 9.56. The molecule has 0 saturated heterocycles. The number of ether oxygens (including phenoxy) is 1. The lowest BCUT2D eigenvalue weighted by Crippen LogP contribution is -2.31. The number of aryl methyl sites for hydroxylation is 1. The van der Waals surface area contributed by atoms with Crippen molar-refractivity contribution in [3.05, 3.63) is 18.0 Å². The number of methoxy groups -OCH3 is 1. The summed E-state index contributed by atoms with van der Waals surface area (Å²) in [6.45, 7) is 4.71. The molecule has 1 N–H and O–H groups in total. The average Bonchev–Trinajstić information content (AvgIpc) is 2.65. The largest absolute Gasteiger partial charge is 0.389 e. The Morgan fingerprint density at radius 3 is 2.94 bits per heavy atom. The van der Waals surface area contributed by atoms with Crippen molar-refractivity contribution in [1.29, 1.82) is 0 Å². The molecule has 0 aromatic carbocycles. The Balaban J connectivity index is 2.35. The van der Waals surface area contributed by atoms with Gasteiger partial charge in [0.2, 0.25) is 0 Å². The minimum Gasteiger partial charge on any atom is -0.389 e. The van der Waals surface area contributed by atoms with Gasteiger partial charge in [-0.2, -0.15) is 5.10 Å². The van der Waals surface area contributed by atoms with E-state index in [0.29, 0.717) is 13.2 Å². The molecule has 0 radical (unpaired) electrons. The molecule has 5 nitrogen and oxygen atoms in total. The smallest absolute Gasteiger partial charge is 0.0900 e. The van der Waals surface area contributed by atoms with Gasteiger partial charge in [-0.3, -0.25) is 9.58 Å². The predicted octanol–water partition coefficient (Wildman–Crippen LogP) is 0.342. The van der Waals surface area contributed by atoms with Crippen LogP contribution in [-0.4, -0.2) is 53.2 Å². The first-order valence-corrected chi connectivity index (χ1v) is 5.52. The normalized spacial score (nSPS) is 13.3. The first kappa shape index (κ1) is 13.2. The van der Waals surface area contributed by atoms with Gasteiger partial charge in [0.05, 0.1) is 18.9 Å². The van der Waals surface area contributed by atoms with E-state index < -0.39 is 6.10 Å². The number of rotatable bonds is 7. The van der Waals surface area contributed by atoms with Gasteiger partial charge in [-0.1, -0.05) is 0 Å². The Kier molecular flexibility index (Phi) is 5.45. The van der Waals surface area contributed by atoms with Crippen LogP contribution in [0.5, 0.6) is 0 Å². The molecule has 0 aliphatic carbocycles. The van der Waals surface area contributed by atoms with Gasteiger partial charge >= 0.3 is 0 Å². The number of aliphatic hydroxyl groups is 1. The molecule has 0 spiro atoms. The number of likely N-dealkylation sites (N-methyl/N-ethyl adjacent to an activating group) is 1. The van der Waals surface area contributed by atoms with Crippen LogP contribution < -0.4 is 0 Å². The van der Waals surface area contributed by atoms with E-state index in [1.807, 2.05) is 24.1 Å². The fourth-order valence-electron chi connectivity index (χ4n) is 1.64. The van der Waals surface area contributed by atoms with Gasteiger partial charge < -0.3 is 9.84 Å². The molecule has 0 bridgehead atoms. The SMILES string of the molecule is CCn1cc(CN(C)CC(O)COC)cn1. The van der Waals surface area contributed by atoms with Crippen LogP contribution >= 0.6 is 0 Å². The van der Waals surface area contributed by atoms with Crippen molar-refractivity contribution in [2.24, 2.45) is 0 Å². The minimum absolute atomic E-state index is 0.374. The molecule has 0 aliphatic heterocycles. The van der Waals surface area contributed by atoms with Gasteiger partial charge in [-0.15, -0.1) is 0 Å². The lowest BCUT2D eigenvalue weighted by atomic mass is 10.3. The van der Waals surface area contributed by atoms with E-state index in [2.05, 4.69) is 16.9 Å². The summed E-state index contributed by atoms with van der Waals surface area (Å²) in [5.74, 6) is 0. The van der Waals surface area contributed by atoms with Gasteiger partial charge in [0.15, 0.2) is 0 Å². The molecule has 1 rings (SSSR count). The van der Waals surface area contributed by atoms with Crippen molar-refractivity contribution in [1.82, 2.24) is 14.7 Å². The fraction of sp³-hybridized carbons (Fsp3) is 0.727. The minimum atomic E-state index is -0.434. The van der Waals surface area contributed by atoms with E-state index in [-0.39, 0.29) is 0 Å². The standard InChI is InChI=1S/C11H21N3O2/c1-4-14-7-10(5-12-14)6-13(2)8-11(15)9-16-3/h5,7,11,15H,4,6,8-9H2,1-3H3. The van der Waals surface area contributed by atoms with Gasteiger partial charge in [-0.05, 0) is 14.0 Å². The van der Waals surface area contributed by atoms with Crippen molar-refractivity contribution >= 4 is 0 Å². The summed E-state index contributed by atoms with van der Waals surface area (Å²) < 4.78 is 6.78. The molecule has 0 fully saturated rings. The third kappa shape index (κ3) is 4.30. The zero-order valence-corrected chi connectivity index (χ0v) is 10.3. The first-order valence-electron chi connectivity index (χ1n) is 5.52. The summed E-state index contributed by atoms with van der Waals surface area (Å²) in [7, 11) is 3.57. The zero-order chi connectivity index (χ0) is 12.0. The van der Waals surface area contributed by atoms with E-state index in [1.54, 1.807) is 7.11 Å². The Labute approximate surface area is 96.6 Å². The van der Waals surface area contributed by atoms with E-state index in [4.69, 9.17) is 4.74 Å². The van der Waals surface area contributed by atoms with Crippen LogP contribution in [0.3, 0.4) is 0 Å². The molecule has 16 heavy (non-hydrogen) atoms. The topological polar surface area (TPSA) is 50.5 Å². The summed E-state index contributed by atoms with van der Waals surface area (Å²) >= 11 is 0. The third-order valence-electron chi connectivity index (χ3n) is 2.34. The van der Waals surface area contributed by atoms with Crippen LogP contribution in [0, 0.1) is 0 Å². The van der Waals surface area contributed by atoms with Crippen molar-refractivity contribution < 1.29 is 9.84 Å². The highest BCUT2D eigenvalue weighted by molar-refractivity contribution is 5.03. The second-order valence-corrected chi connectivity index (χ2v) is 4.01. The molecule has 0 aliphatic rings. The van der Waals surface area contributed by atoms with E-state index in [9.17, 15) is 5.11 Å². The summed E-state index contributed by atoms with van der Waals surface area (Å²) in [4.78, 5) is 2.06. The highest BCUT2D eigenvalue weighted by Gasteiger charge is 2.08. The van der Waals surface area contributed by atoms with Gasteiger partial charge in [0, 0.05) is 38.5 Å². The molecule has 1 aromatic rings. The van der Waals surface area contributed by atoms with Crippen molar-refractivity contribution in [3.8, 4) is 0 Å². The molecule has 0 saturated carbocycles. The van der Waals surface area contributed by atoms with E-state index in [1.165, 1.54) is 0 Å². The van der Waals surface area contributed by atoms with Crippen molar-refractivity contribution in [2.45, 2.75) is 26.1 Å². The molecular formula is C11H21N3O2. The summed E-state index contributed by atoms with van der Waals surface area (Å²) in [6.07, 6.45) is 3.46. The molecular weight excluding hydrogens is 206 g/mol. The summed E-state index contributed by atoms with van der Waals surface area (Å²) in [5.41, 5.74) is 1.16. The quantitative estimate of drug-likeness (QED) is 0.730. The fourth-order valence-corrected chi connectivity index (χ4v) is 1.64. The monoisotopic (exact) mass is 227 g/mol. The Morgan fingerprint density at radius 1 is 1.62 bits per heavy atom. The van der Waals surface area contributed by atoms with Crippen LogP contribution in [0.4, 0.5) is 0 Å². The van der Waals surface area contributed by atoms with Crippen LogP contribution in [-0.2, 0) is 17.8 Å². The lowest BCUT2D eigenvalue weighted by molar-refractivity contribution is 0.0419. The van der Waals surface area contributed by atoms with Crippen molar-refractivity contribution in [2.75, 3.05) is 27.3 Å².